The number of anilines is 1. The topological polar surface area (TPSA) is 116 Å². The molecule has 0 aromatic heterocycles. The largest absolute Gasteiger partial charge is 0.465 e. The Labute approximate surface area is 166 Å². The van der Waals surface area contributed by atoms with Crippen molar-refractivity contribution in [2.24, 2.45) is 0 Å². The standard InChI is InChI=1S/C18H16ClNO7S/c1-26-17(22)10-4-6-12(18(23)27-2)15(8-10)20-16(21)13-9-11(28(3,24)25)5-7-14(13)19/h4-9H,1-3H3,(H,20,21). The lowest BCUT2D eigenvalue weighted by Gasteiger charge is -2.12. The number of rotatable bonds is 5. The molecule has 0 heterocycles. The molecule has 1 amide bonds. The minimum atomic E-state index is -3.57. The maximum atomic E-state index is 12.7. The molecule has 1 N–H and O–H groups in total. The zero-order chi connectivity index (χ0) is 21.1. The van der Waals surface area contributed by atoms with Gasteiger partial charge in [-0.05, 0) is 36.4 Å². The molecule has 0 aliphatic rings. The highest BCUT2D eigenvalue weighted by atomic mass is 35.5. The third-order valence-corrected chi connectivity index (χ3v) is 5.14. The van der Waals surface area contributed by atoms with Gasteiger partial charge in [-0.1, -0.05) is 11.6 Å². The fraction of sp³-hybridized carbons (Fsp3) is 0.167. The lowest BCUT2D eigenvalue weighted by Crippen LogP contribution is -2.17. The maximum Gasteiger partial charge on any atom is 0.339 e. The fourth-order valence-corrected chi connectivity index (χ4v) is 3.13. The monoisotopic (exact) mass is 425 g/mol. The van der Waals surface area contributed by atoms with Crippen LogP contribution in [0.2, 0.25) is 5.02 Å². The van der Waals surface area contributed by atoms with Crippen LogP contribution in [-0.2, 0) is 19.3 Å². The Morgan fingerprint density at radius 3 is 2.14 bits per heavy atom. The Balaban J connectivity index is 2.50. The summed E-state index contributed by atoms with van der Waals surface area (Å²) in [5, 5.41) is 2.46. The van der Waals surface area contributed by atoms with Crippen LogP contribution in [0, 0.1) is 0 Å². The predicted molar refractivity (Wildman–Crippen MR) is 102 cm³/mol. The van der Waals surface area contributed by atoms with Crippen molar-refractivity contribution in [3.63, 3.8) is 0 Å². The number of benzene rings is 2. The van der Waals surface area contributed by atoms with Gasteiger partial charge in [-0.3, -0.25) is 4.79 Å². The van der Waals surface area contributed by atoms with Crippen LogP contribution in [0.25, 0.3) is 0 Å². The zero-order valence-electron chi connectivity index (χ0n) is 15.1. The first kappa shape index (κ1) is 21.4. The summed E-state index contributed by atoms with van der Waals surface area (Å²) in [5.74, 6) is -2.20. The second-order valence-electron chi connectivity index (χ2n) is 5.61. The molecule has 8 nitrogen and oxygen atoms in total. The van der Waals surface area contributed by atoms with E-state index in [1.54, 1.807) is 0 Å². The van der Waals surface area contributed by atoms with Gasteiger partial charge < -0.3 is 14.8 Å². The number of hydrogen-bond acceptors (Lipinski definition) is 7. The summed E-state index contributed by atoms with van der Waals surface area (Å²) in [6.45, 7) is 0. The first-order valence-corrected chi connectivity index (χ1v) is 9.97. The van der Waals surface area contributed by atoms with Crippen molar-refractivity contribution in [3.05, 3.63) is 58.1 Å². The van der Waals surface area contributed by atoms with Crippen LogP contribution in [0.1, 0.15) is 31.1 Å². The molecular formula is C18H16ClNO7S. The summed E-state index contributed by atoms with van der Waals surface area (Å²) in [6, 6.07) is 7.54. The van der Waals surface area contributed by atoms with E-state index in [2.05, 4.69) is 14.8 Å². The van der Waals surface area contributed by atoms with Crippen molar-refractivity contribution in [2.45, 2.75) is 4.90 Å². The predicted octanol–water partition coefficient (Wildman–Crippen LogP) is 2.57. The molecule has 0 aliphatic heterocycles. The molecule has 0 aliphatic carbocycles. The highest BCUT2D eigenvalue weighted by Crippen LogP contribution is 2.24. The van der Waals surface area contributed by atoms with Gasteiger partial charge in [-0.25, -0.2) is 18.0 Å². The smallest absolute Gasteiger partial charge is 0.339 e. The van der Waals surface area contributed by atoms with E-state index in [-0.39, 0.29) is 32.3 Å². The number of halogens is 1. The van der Waals surface area contributed by atoms with Crippen molar-refractivity contribution in [2.75, 3.05) is 25.8 Å². The number of sulfone groups is 1. The molecule has 0 atom stereocenters. The second kappa shape index (κ2) is 8.41. The minimum absolute atomic E-state index is 0.00800. The first-order chi connectivity index (χ1) is 13.1. The molecule has 0 spiro atoms. The van der Waals surface area contributed by atoms with E-state index >= 15 is 0 Å². The molecule has 2 aromatic rings. The summed E-state index contributed by atoms with van der Waals surface area (Å²) in [5.41, 5.74) is -0.0789. The van der Waals surface area contributed by atoms with E-state index in [1.807, 2.05) is 0 Å². The Morgan fingerprint density at radius 1 is 0.929 bits per heavy atom. The van der Waals surface area contributed by atoms with Crippen molar-refractivity contribution in [3.8, 4) is 0 Å². The van der Waals surface area contributed by atoms with Crippen molar-refractivity contribution in [1.82, 2.24) is 0 Å². The van der Waals surface area contributed by atoms with E-state index in [1.165, 1.54) is 37.4 Å². The lowest BCUT2D eigenvalue weighted by molar-refractivity contribution is 0.0587. The van der Waals surface area contributed by atoms with Crippen LogP contribution in [0.15, 0.2) is 41.3 Å². The normalized spacial score (nSPS) is 10.9. The van der Waals surface area contributed by atoms with E-state index in [0.717, 1.165) is 19.4 Å². The molecule has 10 heteroatoms. The van der Waals surface area contributed by atoms with Gasteiger partial charge in [0.2, 0.25) is 0 Å². The van der Waals surface area contributed by atoms with Crippen LogP contribution in [0.5, 0.6) is 0 Å². The maximum absolute atomic E-state index is 12.7. The fourth-order valence-electron chi connectivity index (χ4n) is 2.28. The quantitative estimate of drug-likeness (QED) is 0.731. The highest BCUT2D eigenvalue weighted by Gasteiger charge is 2.20. The van der Waals surface area contributed by atoms with E-state index in [9.17, 15) is 22.8 Å². The lowest BCUT2D eigenvalue weighted by atomic mass is 10.1. The van der Waals surface area contributed by atoms with Gasteiger partial charge in [0.15, 0.2) is 9.84 Å². The number of carbonyl (C=O) groups is 3. The summed E-state index contributed by atoms with van der Waals surface area (Å²) in [4.78, 5) is 36.3. The van der Waals surface area contributed by atoms with Gasteiger partial charge in [0, 0.05) is 6.26 Å². The van der Waals surface area contributed by atoms with Crippen LogP contribution in [0.3, 0.4) is 0 Å². The average Bonchev–Trinajstić information content (AvgIpc) is 2.65. The third-order valence-electron chi connectivity index (χ3n) is 3.70. The number of nitrogens with one attached hydrogen (secondary N) is 1. The van der Waals surface area contributed by atoms with Gasteiger partial charge in [0.1, 0.15) is 0 Å². The van der Waals surface area contributed by atoms with Crippen LogP contribution >= 0.6 is 11.6 Å². The highest BCUT2D eigenvalue weighted by molar-refractivity contribution is 7.90. The van der Waals surface area contributed by atoms with Gasteiger partial charge >= 0.3 is 11.9 Å². The summed E-state index contributed by atoms with van der Waals surface area (Å²) < 4.78 is 32.7. The minimum Gasteiger partial charge on any atom is -0.465 e. The Kier molecular flexibility index (Phi) is 6.42. The van der Waals surface area contributed by atoms with E-state index in [0.29, 0.717) is 0 Å². The van der Waals surface area contributed by atoms with Crippen molar-refractivity contribution in [1.29, 1.82) is 0 Å². The molecule has 2 rings (SSSR count). The number of esters is 2. The molecule has 0 saturated heterocycles. The zero-order valence-corrected chi connectivity index (χ0v) is 16.7. The number of carbonyl (C=O) groups excluding carboxylic acids is 3. The van der Waals surface area contributed by atoms with Gasteiger partial charge in [-0.2, -0.15) is 0 Å². The van der Waals surface area contributed by atoms with E-state index < -0.39 is 27.7 Å². The average molecular weight is 426 g/mol. The Morgan fingerprint density at radius 2 is 1.57 bits per heavy atom. The van der Waals surface area contributed by atoms with Gasteiger partial charge in [-0.15, -0.1) is 0 Å². The molecule has 0 fully saturated rings. The third kappa shape index (κ3) is 4.68. The molecule has 0 radical (unpaired) electrons. The van der Waals surface area contributed by atoms with Crippen LogP contribution < -0.4 is 5.32 Å². The SMILES string of the molecule is COC(=O)c1ccc(C(=O)OC)c(NC(=O)c2cc(S(C)(=O)=O)ccc2Cl)c1. The Hall–Kier alpha value is -2.91. The summed E-state index contributed by atoms with van der Waals surface area (Å²) >= 11 is 6.02. The van der Waals surface area contributed by atoms with E-state index in [4.69, 9.17) is 11.6 Å². The van der Waals surface area contributed by atoms with Crippen LogP contribution in [-0.4, -0.2) is 46.7 Å². The number of amides is 1. The molecule has 28 heavy (non-hydrogen) atoms. The molecular weight excluding hydrogens is 410 g/mol. The molecule has 0 unspecified atom stereocenters. The summed E-state index contributed by atoms with van der Waals surface area (Å²) in [7, 11) is -1.22. The molecule has 0 bridgehead atoms. The van der Waals surface area contributed by atoms with Gasteiger partial charge in [0.25, 0.3) is 5.91 Å². The second-order valence-corrected chi connectivity index (χ2v) is 8.03. The number of ether oxygens (including phenoxy) is 2. The van der Waals surface area contributed by atoms with Crippen molar-refractivity contribution >= 4 is 45.0 Å². The van der Waals surface area contributed by atoms with Gasteiger partial charge in [0.05, 0.1) is 46.5 Å². The van der Waals surface area contributed by atoms with Crippen LogP contribution in [0.4, 0.5) is 5.69 Å². The molecule has 0 saturated carbocycles. The number of hydrogen-bond donors (Lipinski definition) is 1. The molecule has 2 aromatic carbocycles. The first-order valence-electron chi connectivity index (χ1n) is 7.70. The number of methoxy groups -OCH3 is 2. The summed E-state index contributed by atoms with van der Waals surface area (Å²) in [6.07, 6.45) is 0.993. The van der Waals surface area contributed by atoms with Crippen molar-refractivity contribution < 1.29 is 32.3 Å². The molecule has 148 valence electrons. The Bertz CT molecular complexity index is 1060.